The van der Waals surface area contributed by atoms with Crippen LogP contribution in [-0.4, -0.2) is 34.6 Å². The fraction of sp³-hybridized carbons (Fsp3) is 0.273. The number of aliphatic imine (C=N–C) groups is 1. The summed E-state index contributed by atoms with van der Waals surface area (Å²) in [4.78, 5) is 14.5. The van der Waals surface area contributed by atoms with E-state index in [9.17, 15) is 23.1 Å². The normalized spacial score (nSPS) is 23.4. The first-order valence-electron chi connectivity index (χ1n) is 5.00. The van der Waals surface area contributed by atoms with Gasteiger partial charge in [0.25, 0.3) is 0 Å². The summed E-state index contributed by atoms with van der Waals surface area (Å²) >= 11 is 0. The Hall–Kier alpha value is -2.05. The lowest BCUT2D eigenvalue weighted by Crippen LogP contribution is -2.27. The molecular formula is C11H8F3NO3. The molecule has 7 heteroatoms. The molecule has 2 N–H and O–H groups in total. The summed E-state index contributed by atoms with van der Waals surface area (Å²) < 4.78 is 38.3. The highest BCUT2D eigenvalue weighted by molar-refractivity contribution is 6.10. The van der Waals surface area contributed by atoms with Gasteiger partial charge in [-0.1, -0.05) is 12.2 Å². The summed E-state index contributed by atoms with van der Waals surface area (Å²) in [7, 11) is 0. The van der Waals surface area contributed by atoms with Gasteiger partial charge in [-0.2, -0.15) is 13.2 Å². The van der Waals surface area contributed by atoms with Crippen molar-refractivity contribution in [2.24, 2.45) is 4.99 Å². The fourth-order valence-corrected chi connectivity index (χ4v) is 1.90. The maximum Gasteiger partial charge on any atom is 0.416 e. The number of nitrogens with zero attached hydrogens (tertiary/aromatic N) is 1. The van der Waals surface area contributed by atoms with Crippen LogP contribution in [0, 0.1) is 0 Å². The number of aliphatic carboxylic acids is 1. The number of dihydropyridines is 1. The third-order valence-electron chi connectivity index (χ3n) is 2.70. The van der Waals surface area contributed by atoms with Gasteiger partial charge in [-0.3, -0.25) is 4.99 Å². The lowest BCUT2D eigenvalue weighted by atomic mass is 9.88. The standard InChI is InChI=1S/C11H8F3NO3/c12-11(13,14)6-2-1-3-7-8(6)9(16)5(4-15-7)10(17)18/h1-2,4,7,16H,3H2,(H,17,18). The zero-order valence-electron chi connectivity index (χ0n) is 8.90. The quantitative estimate of drug-likeness (QED) is 0.758. The molecule has 0 fully saturated rings. The molecule has 96 valence electrons. The highest BCUT2D eigenvalue weighted by Gasteiger charge is 2.41. The minimum atomic E-state index is -4.66. The summed E-state index contributed by atoms with van der Waals surface area (Å²) in [5.41, 5.74) is -2.14. The first kappa shape index (κ1) is 12.4. The van der Waals surface area contributed by atoms with Crippen LogP contribution in [0.25, 0.3) is 0 Å². The topological polar surface area (TPSA) is 69.9 Å². The van der Waals surface area contributed by atoms with E-state index in [2.05, 4.69) is 4.99 Å². The van der Waals surface area contributed by atoms with Crippen LogP contribution in [0.5, 0.6) is 0 Å². The number of halogens is 3. The second-order valence-electron chi connectivity index (χ2n) is 3.82. The van der Waals surface area contributed by atoms with Gasteiger partial charge < -0.3 is 10.2 Å². The van der Waals surface area contributed by atoms with E-state index >= 15 is 0 Å². The number of carboxylic acid groups (broad SMARTS) is 1. The van der Waals surface area contributed by atoms with Gasteiger partial charge in [0.1, 0.15) is 11.3 Å². The average Bonchev–Trinajstić information content (AvgIpc) is 2.27. The maximum atomic E-state index is 12.8. The predicted molar refractivity (Wildman–Crippen MR) is 56.4 cm³/mol. The monoisotopic (exact) mass is 259 g/mol. The Bertz CT molecular complexity index is 526. The van der Waals surface area contributed by atoms with E-state index in [-0.39, 0.29) is 6.42 Å². The van der Waals surface area contributed by atoms with E-state index in [4.69, 9.17) is 5.11 Å². The zero-order chi connectivity index (χ0) is 13.5. The molecule has 1 unspecified atom stereocenters. The smallest absolute Gasteiger partial charge is 0.416 e. The van der Waals surface area contributed by atoms with Gasteiger partial charge in [0, 0.05) is 11.8 Å². The molecule has 18 heavy (non-hydrogen) atoms. The molecule has 0 aromatic rings. The first-order chi connectivity index (χ1) is 8.32. The van der Waals surface area contributed by atoms with E-state index < -0.39 is 40.7 Å². The van der Waals surface area contributed by atoms with Gasteiger partial charge >= 0.3 is 12.1 Å². The van der Waals surface area contributed by atoms with Crippen LogP contribution in [0.4, 0.5) is 13.2 Å². The third kappa shape index (κ3) is 1.92. The Morgan fingerprint density at radius 3 is 2.67 bits per heavy atom. The van der Waals surface area contributed by atoms with Gasteiger partial charge in [0.2, 0.25) is 0 Å². The largest absolute Gasteiger partial charge is 0.507 e. The number of hydrogen-bond donors (Lipinski definition) is 2. The number of aliphatic hydroxyl groups excluding tert-OH is 1. The van der Waals surface area contributed by atoms with Crippen molar-refractivity contribution in [2.45, 2.75) is 18.6 Å². The molecule has 0 radical (unpaired) electrons. The molecular weight excluding hydrogens is 251 g/mol. The van der Waals surface area contributed by atoms with Crippen LogP contribution in [0.1, 0.15) is 6.42 Å². The van der Waals surface area contributed by atoms with Crippen molar-refractivity contribution in [3.05, 3.63) is 34.6 Å². The van der Waals surface area contributed by atoms with E-state index in [1.165, 1.54) is 6.08 Å². The molecule has 0 saturated carbocycles. The lowest BCUT2D eigenvalue weighted by Gasteiger charge is -2.26. The number of carboxylic acids is 1. The predicted octanol–water partition coefficient (Wildman–Crippen LogP) is 2.15. The Kier molecular flexibility index (Phi) is 2.76. The van der Waals surface area contributed by atoms with Crippen molar-refractivity contribution in [2.75, 3.05) is 0 Å². The number of fused-ring (bicyclic) bond motifs is 1. The molecule has 0 aromatic carbocycles. The highest BCUT2D eigenvalue weighted by atomic mass is 19.4. The van der Waals surface area contributed by atoms with Gasteiger partial charge in [-0.25, -0.2) is 4.79 Å². The van der Waals surface area contributed by atoms with Gasteiger partial charge in [-0.15, -0.1) is 0 Å². The Labute approximate surface area is 99.5 Å². The van der Waals surface area contributed by atoms with Crippen molar-refractivity contribution < 1.29 is 28.2 Å². The van der Waals surface area contributed by atoms with Crippen LogP contribution < -0.4 is 0 Å². The van der Waals surface area contributed by atoms with Crippen LogP contribution in [0.2, 0.25) is 0 Å². The van der Waals surface area contributed by atoms with Crippen molar-refractivity contribution in [3.63, 3.8) is 0 Å². The first-order valence-corrected chi connectivity index (χ1v) is 5.00. The number of rotatable bonds is 1. The third-order valence-corrected chi connectivity index (χ3v) is 2.70. The number of carbonyl (C=O) groups is 1. The molecule has 0 bridgehead atoms. The van der Waals surface area contributed by atoms with Crippen molar-refractivity contribution in [1.29, 1.82) is 0 Å². The molecule has 1 heterocycles. The average molecular weight is 259 g/mol. The van der Waals surface area contributed by atoms with Crippen molar-refractivity contribution >= 4 is 12.2 Å². The Balaban J connectivity index is 2.65. The minimum Gasteiger partial charge on any atom is -0.507 e. The lowest BCUT2D eigenvalue weighted by molar-refractivity contribution is -0.132. The summed E-state index contributed by atoms with van der Waals surface area (Å²) in [6.07, 6.45) is -1.44. The van der Waals surface area contributed by atoms with Crippen molar-refractivity contribution in [1.82, 2.24) is 0 Å². The van der Waals surface area contributed by atoms with Crippen molar-refractivity contribution in [3.8, 4) is 0 Å². The van der Waals surface area contributed by atoms with Crippen LogP contribution >= 0.6 is 0 Å². The summed E-state index contributed by atoms with van der Waals surface area (Å²) in [6, 6.07) is -0.880. The number of alkyl halides is 3. The maximum absolute atomic E-state index is 12.8. The molecule has 4 nitrogen and oxygen atoms in total. The molecule has 2 rings (SSSR count). The minimum absolute atomic E-state index is 0.197. The Morgan fingerprint density at radius 2 is 2.11 bits per heavy atom. The number of hydrogen-bond acceptors (Lipinski definition) is 3. The van der Waals surface area contributed by atoms with Gasteiger partial charge in [0.05, 0.1) is 11.6 Å². The van der Waals surface area contributed by atoms with Crippen LogP contribution in [0.3, 0.4) is 0 Å². The van der Waals surface area contributed by atoms with E-state index in [0.717, 1.165) is 12.3 Å². The number of allylic oxidation sites excluding steroid dienone is 2. The Morgan fingerprint density at radius 1 is 1.44 bits per heavy atom. The molecule has 0 saturated heterocycles. The summed E-state index contributed by atoms with van der Waals surface area (Å²) in [6.45, 7) is 0. The number of aliphatic hydroxyl groups is 1. The second-order valence-corrected chi connectivity index (χ2v) is 3.82. The fourth-order valence-electron chi connectivity index (χ4n) is 1.90. The summed E-state index contributed by atoms with van der Waals surface area (Å²) in [5, 5.41) is 18.4. The highest BCUT2D eigenvalue weighted by Crippen LogP contribution is 2.39. The molecule has 1 aliphatic heterocycles. The van der Waals surface area contributed by atoms with Gasteiger partial charge in [-0.05, 0) is 6.42 Å². The van der Waals surface area contributed by atoms with E-state index in [1.807, 2.05) is 0 Å². The molecule has 1 atom stereocenters. The van der Waals surface area contributed by atoms with E-state index in [1.54, 1.807) is 0 Å². The van der Waals surface area contributed by atoms with Crippen LogP contribution in [-0.2, 0) is 4.79 Å². The molecule has 0 amide bonds. The van der Waals surface area contributed by atoms with E-state index in [0.29, 0.717) is 0 Å². The molecule has 0 aromatic heterocycles. The van der Waals surface area contributed by atoms with Gasteiger partial charge in [0.15, 0.2) is 0 Å². The summed E-state index contributed by atoms with van der Waals surface area (Å²) in [5.74, 6) is -2.38. The molecule has 2 aliphatic rings. The SMILES string of the molecule is O=C(O)C1=C(O)C2=C(C(F)(F)F)C=CCC2N=C1. The molecule has 1 aliphatic carbocycles. The second kappa shape index (κ2) is 4.01. The zero-order valence-corrected chi connectivity index (χ0v) is 8.90. The van der Waals surface area contributed by atoms with Crippen LogP contribution in [0.15, 0.2) is 39.6 Å². The molecule has 0 spiro atoms.